The number of carboxylic acids is 1. The molecule has 0 spiro atoms. The van der Waals surface area contributed by atoms with Gasteiger partial charge in [0.2, 0.25) is 5.88 Å². The summed E-state index contributed by atoms with van der Waals surface area (Å²) in [5.74, 6) is -0.867. The van der Waals surface area contributed by atoms with Crippen molar-refractivity contribution >= 4 is 17.7 Å². The van der Waals surface area contributed by atoms with Gasteiger partial charge in [-0.2, -0.15) is 5.10 Å². The monoisotopic (exact) mass is 427 g/mol. The minimum Gasteiger partial charge on any atom is -0.484 e. The molecule has 2 aromatic heterocycles. The van der Waals surface area contributed by atoms with Crippen molar-refractivity contribution in [1.29, 1.82) is 0 Å². The molecule has 0 saturated carbocycles. The van der Waals surface area contributed by atoms with Crippen LogP contribution in [0.3, 0.4) is 0 Å². The first-order chi connectivity index (χ1) is 14.7. The molecule has 0 bridgehead atoms. The summed E-state index contributed by atoms with van der Waals surface area (Å²) in [6, 6.07) is 6.15. The van der Waals surface area contributed by atoms with Crippen molar-refractivity contribution < 1.29 is 29.3 Å². The minimum absolute atomic E-state index is 0.00170. The van der Waals surface area contributed by atoms with Gasteiger partial charge in [-0.25, -0.2) is 14.8 Å². The van der Waals surface area contributed by atoms with Gasteiger partial charge < -0.3 is 25.0 Å². The van der Waals surface area contributed by atoms with Gasteiger partial charge in [0.05, 0.1) is 18.5 Å². The predicted octanol–water partition coefficient (Wildman–Crippen LogP) is 2.10. The second-order valence-electron chi connectivity index (χ2n) is 6.70. The summed E-state index contributed by atoms with van der Waals surface area (Å²) in [6.45, 7) is 3.26. The molecule has 2 atom stereocenters. The van der Waals surface area contributed by atoms with Gasteiger partial charge in [-0.15, -0.1) is 0 Å². The van der Waals surface area contributed by atoms with Gasteiger partial charge in [0.1, 0.15) is 6.10 Å². The van der Waals surface area contributed by atoms with E-state index in [-0.39, 0.29) is 28.6 Å². The van der Waals surface area contributed by atoms with E-state index in [1.165, 1.54) is 18.2 Å². The number of aromatic nitrogens is 4. The molecular weight excluding hydrogens is 406 g/mol. The molecule has 1 aromatic carbocycles. The molecule has 0 radical (unpaired) electrons. The van der Waals surface area contributed by atoms with E-state index in [2.05, 4.69) is 20.4 Å². The van der Waals surface area contributed by atoms with Crippen LogP contribution in [0.2, 0.25) is 0 Å². The summed E-state index contributed by atoms with van der Waals surface area (Å²) >= 11 is 0. The highest BCUT2D eigenvalue weighted by Crippen LogP contribution is 2.33. The average molecular weight is 427 g/mol. The zero-order valence-corrected chi connectivity index (χ0v) is 17.0. The van der Waals surface area contributed by atoms with Gasteiger partial charge in [0, 0.05) is 24.9 Å². The molecule has 3 rings (SSSR count). The summed E-state index contributed by atoms with van der Waals surface area (Å²) in [4.78, 5) is 31.2. The number of aromatic carboxylic acids is 1. The van der Waals surface area contributed by atoms with Gasteiger partial charge in [-0.05, 0) is 32.0 Å². The molecule has 0 aliphatic heterocycles. The molecule has 11 nitrogen and oxygen atoms in total. The first-order valence-electron chi connectivity index (χ1n) is 9.26. The van der Waals surface area contributed by atoms with Crippen LogP contribution in [0.4, 0.5) is 5.82 Å². The van der Waals surface area contributed by atoms with Gasteiger partial charge in [0.25, 0.3) is 5.91 Å². The molecule has 11 heteroatoms. The van der Waals surface area contributed by atoms with E-state index in [9.17, 15) is 14.7 Å². The van der Waals surface area contributed by atoms with Crippen molar-refractivity contribution in [3.05, 3.63) is 54.1 Å². The van der Waals surface area contributed by atoms with Gasteiger partial charge >= 0.3 is 5.97 Å². The van der Waals surface area contributed by atoms with E-state index in [1.54, 1.807) is 37.8 Å². The van der Waals surface area contributed by atoms with Crippen LogP contribution in [0.5, 0.6) is 17.4 Å². The normalized spacial score (nSPS) is 12.6. The molecular formula is C20H21N5O6. The van der Waals surface area contributed by atoms with Crippen LogP contribution in [0.1, 0.15) is 34.7 Å². The first kappa shape index (κ1) is 21.7. The van der Waals surface area contributed by atoms with Crippen LogP contribution >= 0.6 is 0 Å². The Balaban J connectivity index is 1.88. The molecule has 31 heavy (non-hydrogen) atoms. The number of ether oxygens (including phenoxy) is 2. The Morgan fingerprint density at radius 3 is 2.48 bits per heavy atom. The number of aliphatic hydroxyl groups excluding tert-OH is 1. The first-order valence-corrected chi connectivity index (χ1v) is 9.26. The number of carboxylic acid groups (broad SMARTS) is 1. The quantitative estimate of drug-likeness (QED) is 0.491. The van der Waals surface area contributed by atoms with Crippen molar-refractivity contribution in [3.8, 4) is 17.4 Å². The Bertz CT molecular complexity index is 1080. The molecule has 162 valence electrons. The molecule has 1 amide bonds. The number of nitrogens with zero attached hydrogens (tertiary/aromatic N) is 4. The molecule has 0 saturated heterocycles. The molecule has 0 fully saturated rings. The fraction of sp³-hybridized carbons (Fsp3) is 0.250. The third-order valence-corrected chi connectivity index (χ3v) is 4.22. The maximum atomic E-state index is 12.6. The van der Waals surface area contributed by atoms with Gasteiger partial charge in [-0.3, -0.25) is 9.48 Å². The van der Waals surface area contributed by atoms with Crippen molar-refractivity contribution in [2.45, 2.75) is 26.1 Å². The van der Waals surface area contributed by atoms with E-state index in [1.807, 2.05) is 0 Å². The Hall–Kier alpha value is -3.99. The summed E-state index contributed by atoms with van der Waals surface area (Å²) in [5.41, 5.74) is 0.0165. The minimum atomic E-state index is -1.22. The molecule has 3 aromatic rings. The summed E-state index contributed by atoms with van der Waals surface area (Å²) in [7, 11) is 1.73. The second kappa shape index (κ2) is 9.22. The molecule has 0 aliphatic carbocycles. The number of anilines is 1. The number of carbonyl (C=O) groups is 2. The lowest BCUT2D eigenvalue weighted by Crippen LogP contribution is -2.25. The van der Waals surface area contributed by atoms with Crippen molar-refractivity contribution in [2.75, 3.05) is 5.32 Å². The number of rotatable bonds is 8. The van der Waals surface area contributed by atoms with E-state index in [0.717, 1.165) is 12.4 Å². The number of aliphatic hydroxyl groups is 1. The van der Waals surface area contributed by atoms with Crippen LogP contribution in [0, 0.1) is 0 Å². The van der Waals surface area contributed by atoms with Crippen LogP contribution in [-0.4, -0.2) is 54.0 Å². The summed E-state index contributed by atoms with van der Waals surface area (Å²) < 4.78 is 13.0. The highest BCUT2D eigenvalue weighted by atomic mass is 16.5. The topological polar surface area (TPSA) is 149 Å². The molecule has 0 unspecified atom stereocenters. The lowest BCUT2D eigenvalue weighted by molar-refractivity contribution is 0.0589. The number of hydrogen-bond acceptors (Lipinski definition) is 8. The fourth-order valence-electron chi connectivity index (χ4n) is 2.39. The lowest BCUT2D eigenvalue weighted by atomic mass is 10.1. The number of aryl methyl sites for hydroxylation is 1. The Labute approximate surface area is 177 Å². The van der Waals surface area contributed by atoms with E-state index < -0.39 is 24.1 Å². The maximum Gasteiger partial charge on any atom is 0.356 e. The number of hydrogen-bond donors (Lipinski definition) is 3. The zero-order valence-electron chi connectivity index (χ0n) is 17.0. The van der Waals surface area contributed by atoms with Crippen molar-refractivity contribution in [2.24, 2.45) is 7.05 Å². The van der Waals surface area contributed by atoms with E-state index in [0.29, 0.717) is 5.82 Å². The molecule has 0 aliphatic rings. The van der Waals surface area contributed by atoms with Crippen LogP contribution in [0.25, 0.3) is 0 Å². The van der Waals surface area contributed by atoms with Crippen LogP contribution in [-0.2, 0) is 7.05 Å². The lowest BCUT2D eigenvalue weighted by Gasteiger charge is -2.19. The number of nitrogens with one attached hydrogen (secondary N) is 1. The highest BCUT2D eigenvalue weighted by molar-refractivity contribution is 6.04. The zero-order chi connectivity index (χ0) is 22.5. The van der Waals surface area contributed by atoms with Gasteiger partial charge in [0.15, 0.2) is 23.0 Å². The van der Waals surface area contributed by atoms with Crippen molar-refractivity contribution in [1.82, 2.24) is 19.7 Å². The second-order valence-corrected chi connectivity index (χ2v) is 6.70. The molecule has 2 heterocycles. The Morgan fingerprint density at radius 2 is 1.90 bits per heavy atom. The number of amides is 1. The SMILES string of the molecule is C[C@H](O)[C@H](C)Oc1ccc(C(=O)Nc2ccn(C)n2)cc1Oc1cnc(C(=O)O)cn1. The standard InChI is InChI=1S/C20H21N5O6/c1-11(26)12(2)30-15-5-4-13(19(27)23-17-6-7-25(3)24-17)8-16(15)31-18-10-21-14(9-22-18)20(28)29/h4-12,26H,1-3H3,(H,28,29)(H,23,24,27)/t11-,12-/m0/s1. The summed E-state index contributed by atoms with van der Waals surface area (Å²) in [5, 5.41) is 25.4. The highest BCUT2D eigenvalue weighted by Gasteiger charge is 2.18. The van der Waals surface area contributed by atoms with E-state index in [4.69, 9.17) is 14.6 Å². The smallest absolute Gasteiger partial charge is 0.356 e. The fourth-order valence-corrected chi connectivity index (χ4v) is 2.39. The average Bonchev–Trinajstić information content (AvgIpc) is 3.14. The Kier molecular flexibility index (Phi) is 6.46. The summed E-state index contributed by atoms with van der Waals surface area (Å²) in [6.07, 6.45) is 2.57. The maximum absolute atomic E-state index is 12.6. The van der Waals surface area contributed by atoms with Crippen molar-refractivity contribution in [3.63, 3.8) is 0 Å². The molecule has 3 N–H and O–H groups in total. The predicted molar refractivity (Wildman–Crippen MR) is 108 cm³/mol. The van der Waals surface area contributed by atoms with Crippen LogP contribution in [0.15, 0.2) is 42.9 Å². The van der Waals surface area contributed by atoms with E-state index >= 15 is 0 Å². The third-order valence-electron chi connectivity index (χ3n) is 4.22. The number of carbonyl (C=O) groups excluding carboxylic acids is 1. The third kappa shape index (κ3) is 5.54. The number of benzene rings is 1. The Morgan fingerprint density at radius 1 is 1.13 bits per heavy atom. The largest absolute Gasteiger partial charge is 0.484 e. The van der Waals surface area contributed by atoms with Crippen LogP contribution < -0.4 is 14.8 Å². The van der Waals surface area contributed by atoms with Gasteiger partial charge in [-0.1, -0.05) is 0 Å².